The van der Waals surface area contributed by atoms with E-state index in [1.165, 1.54) is 14.2 Å². The SMILES string of the molecule is COC(=O)CCN(CCO[Si](C)(C)C(C)(C)C)CCC(=O)OC. The van der Waals surface area contributed by atoms with Crippen LogP contribution in [0, 0.1) is 0 Å². The average molecular weight is 348 g/mol. The predicted molar refractivity (Wildman–Crippen MR) is 92.9 cm³/mol. The Balaban J connectivity index is 4.44. The summed E-state index contributed by atoms with van der Waals surface area (Å²) in [6.45, 7) is 13.4. The molecule has 0 aliphatic carbocycles. The van der Waals surface area contributed by atoms with Crippen molar-refractivity contribution in [3.8, 4) is 0 Å². The molecule has 0 heterocycles. The molecule has 0 aromatic rings. The molecule has 0 radical (unpaired) electrons. The van der Waals surface area contributed by atoms with Gasteiger partial charge in [-0.3, -0.25) is 14.5 Å². The van der Waals surface area contributed by atoms with Crippen LogP contribution in [0.5, 0.6) is 0 Å². The number of esters is 2. The summed E-state index contributed by atoms with van der Waals surface area (Å²) in [6.07, 6.45) is 0.607. The molecule has 0 spiro atoms. The Labute approximate surface area is 141 Å². The van der Waals surface area contributed by atoms with Crippen LogP contribution in [0.2, 0.25) is 18.1 Å². The lowest BCUT2D eigenvalue weighted by molar-refractivity contribution is -0.141. The summed E-state index contributed by atoms with van der Waals surface area (Å²) >= 11 is 0. The Kier molecular flexibility index (Phi) is 9.65. The molecule has 7 heteroatoms. The number of hydrogen-bond donors (Lipinski definition) is 0. The van der Waals surface area contributed by atoms with Crippen molar-refractivity contribution in [2.24, 2.45) is 0 Å². The number of ether oxygens (including phenoxy) is 2. The van der Waals surface area contributed by atoms with Crippen molar-refractivity contribution in [1.29, 1.82) is 0 Å². The summed E-state index contributed by atoms with van der Waals surface area (Å²) in [5.74, 6) is -0.503. The van der Waals surface area contributed by atoms with Gasteiger partial charge < -0.3 is 13.9 Å². The van der Waals surface area contributed by atoms with Gasteiger partial charge in [0.15, 0.2) is 8.32 Å². The van der Waals surface area contributed by atoms with E-state index in [0.29, 0.717) is 39.1 Å². The zero-order chi connectivity index (χ0) is 18.1. The maximum absolute atomic E-state index is 11.3. The van der Waals surface area contributed by atoms with Gasteiger partial charge >= 0.3 is 11.9 Å². The van der Waals surface area contributed by atoms with Crippen molar-refractivity contribution in [2.75, 3.05) is 40.5 Å². The highest BCUT2D eigenvalue weighted by Crippen LogP contribution is 2.36. The molecule has 0 bridgehead atoms. The molecule has 0 atom stereocenters. The van der Waals surface area contributed by atoms with Crippen LogP contribution in [0.3, 0.4) is 0 Å². The lowest BCUT2D eigenvalue weighted by Gasteiger charge is -2.36. The van der Waals surface area contributed by atoms with Crippen LogP contribution < -0.4 is 0 Å². The molecule has 0 fully saturated rings. The van der Waals surface area contributed by atoms with E-state index < -0.39 is 8.32 Å². The molecule has 0 aromatic carbocycles. The summed E-state index contributed by atoms with van der Waals surface area (Å²) < 4.78 is 15.5. The van der Waals surface area contributed by atoms with Gasteiger partial charge in [-0.1, -0.05) is 20.8 Å². The first-order valence-electron chi connectivity index (χ1n) is 8.03. The number of methoxy groups -OCH3 is 2. The van der Waals surface area contributed by atoms with Crippen molar-refractivity contribution < 1.29 is 23.5 Å². The lowest BCUT2D eigenvalue weighted by Crippen LogP contribution is -2.43. The van der Waals surface area contributed by atoms with E-state index in [4.69, 9.17) is 4.43 Å². The van der Waals surface area contributed by atoms with Gasteiger partial charge in [0.2, 0.25) is 0 Å². The van der Waals surface area contributed by atoms with Crippen LogP contribution in [-0.2, 0) is 23.5 Å². The summed E-state index contributed by atoms with van der Waals surface area (Å²) in [5.41, 5.74) is 0. The second kappa shape index (κ2) is 10.0. The molecule has 0 rings (SSSR count). The topological polar surface area (TPSA) is 65.1 Å². The fraction of sp³-hybridized carbons (Fsp3) is 0.875. The quantitative estimate of drug-likeness (QED) is 0.447. The van der Waals surface area contributed by atoms with E-state index in [1.807, 2.05) is 4.90 Å². The second-order valence-corrected chi connectivity index (χ2v) is 11.9. The van der Waals surface area contributed by atoms with Gasteiger partial charge in [0.1, 0.15) is 0 Å². The number of rotatable bonds is 10. The Morgan fingerprint density at radius 2 is 1.35 bits per heavy atom. The minimum atomic E-state index is -1.78. The van der Waals surface area contributed by atoms with E-state index in [9.17, 15) is 9.59 Å². The molecule has 136 valence electrons. The third kappa shape index (κ3) is 9.07. The van der Waals surface area contributed by atoms with Gasteiger partial charge in [0, 0.05) is 26.2 Å². The third-order valence-corrected chi connectivity index (χ3v) is 8.93. The minimum Gasteiger partial charge on any atom is -0.469 e. The highest BCUT2D eigenvalue weighted by Gasteiger charge is 2.36. The van der Waals surface area contributed by atoms with Gasteiger partial charge in [0.25, 0.3) is 0 Å². The average Bonchev–Trinajstić information content (AvgIpc) is 2.47. The molecule has 0 aliphatic rings. The molecule has 0 N–H and O–H groups in total. The van der Waals surface area contributed by atoms with Crippen LogP contribution in [0.15, 0.2) is 0 Å². The van der Waals surface area contributed by atoms with Gasteiger partial charge in [0.05, 0.1) is 27.1 Å². The van der Waals surface area contributed by atoms with Crippen LogP contribution in [-0.4, -0.2) is 65.6 Å². The molecular formula is C16H33NO5Si. The number of carbonyl (C=O) groups is 2. The molecule has 23 heavy (non-hydrogen) atoms. The zero-order valence-electron chi connectivity index (χ0n) is 15.7. The van der Waals surface area contributed by atoms with Crippen LogP contribution in [0.4, 0.5) is 0 Å². The fourth-order valence-corrected chi connectivity index (χ4v) is 2.72. The van der Waals surface area contributed by atoms with E-state index >= 15 is 0 Å². The van der Waals surface area contributed by atoms with Gasteiger partial charge in [-0.25, -0.2) is 0 Å². The summed E-state index contributed by atoms with van der Waals surface area (Å²) in [4.78, 5) is 24.7. The zero-order valence-corrected chi connectivity index (χ0v) is 16.7. The molecular weight excluding hydrogens is 314 g/mol. The Bertz CT molecular complexity index is 359. The molecule has 0 saturated heterocycles. The van der Waals surface area contributed by atoms with Crippen molar-refractivity contribution in [2.45, 2.75) is 51.7 Å². The first-order chi connectivity index (χ1) is 10.5. The molecule has 0 amide bonds. The smallest absolute Gasteiger partial charge is 0.306 e. The van der Waals surface area contributed by atoms with E-state index in [-0.39, 0.29) is 17.0 Å². The largest absolute Gasteiger partial charge is 0.469 e. The predicted octanol–water partition coefficient (Wildman–Crippen LogP) is 2.44. The highest BCUT2D eigenvalue weighted by molar-refractivity contribution is 6.74. The van der Waals surface area contributed by atoms with Crippen molar-refractivity contribution >= 4 is 20.3 Å². The standard InChI is InChI=1S/C16H33NO5Si/c1-16(2,3)23(6,7)22-13-12-17(10-8-14(18)20-4)11-9-15(19)21-5/h8-13H2,1-7H3. The first-order valence-corrected chi connectivity index (χ1v) is 10.9. The number of carbonyl (C=O) groups excluding carboxylic acids is 2. The first kappa shape index (κ1) is 22.1. The molecule has 0 aromatic heterocycles. The van der Waals surface area contributed by atoms with Crippen LogP contribution >= 0.6 is 0 Å². The van der Waals surface area contributed by atoms with Crippen molar-refractivity contribution in [3.63, 3.8) is 0 Å². The Morgan fingerprint density at radius 1 is 0.913 bits per heavy atom. The monoisotopic (exact) mass is 347 g/mol. The Morgan fingerprint density at radius 3 is 1.70 bits per heavy atom. The summed E-state index contributed by atoms with van der Waals surface area (Å²) in [7, 11) is 0.968. The van der Waals surface area contributed by atoms with Gasteiger partial charge in [-0.15, -0.1) is 0 Å². The fourth-order valence-electron chi connectivity index (χ4n) is 1.68. The molecule has 0 saturated carbocycles. The van der Waals surface area contributed by atoms with Crippen molar-refractivity contribution in [1.82, 2.24) is 4.90 Å². The van der Waals surface area contributed by atoms with E-state index in [1.54, 1.807) is 0 Å². The molecule has 0 unspecified atom stereocenters. The maximum Gasteiger partial charge on any atom is 0.306 e. The highest BCUT2D eigenvalue weighted by atomic mass is 28.4. The van der Waals surface area contributed by atoms with Gasteiger partial charge in [-0.2, -0.15) is 0 Å². The number of hydrogen-bond acceptors (Lipinski definition) is 6. The van der Waals surface area contributed by atoms with Crippen LogP contribution in [0.25, 0.3) is 0 Å². The lowest BCUT2D eigenvalue weighted by atomic mass is 10.2. The van der Waals surface area contributed by atoms with E-state index in [0.717, 1.165) is 0 Å². The minimum absolute atomic E-state index is 0.163. The summed E-state index contributed by atoms with van der Waals surface area (Å²) in [6, 6.07) is 0. The van der Waals surface area contributed by atoms with E-state index in [2.05, 4.69) is 43.3 Å². The second-order valence-electron chi connectivity index (χ2n) is 7.10. The summed E-state index contributed by atoms with van der Waals surface area (Å²) in [5, 5.41) is 0.163. The maximum atomic E-state index is 11.3. The third-order valence-electron chi connectivity index (χ3n) is 4.40. The normalized spacial score (nSPS) is 12.3. The Hall–Kier alpha value is -0.923. The van der Waals surface area contributed by atoms with Crippen molar-refractivity contribution in [3.05, 3.63) is 0 Å². The molecule has 0 aliphatic heterocycles. The van der Waals surface area contributed by atoms with Crippen LogP contribution in [0.1, 0.15) is 33.6 Å². The van der Waals surface area contributed by atoms with Gasteiger partial charge in [-0.05, 0) is 18.1 Å². The molecule has 6 nitrogen and oxygen atoms in total. The number of nitrogens with zero attached hydrogens (tertiary/aromatic N) is 1.